The number of anilines is 1. The Hall–Kier alpha value is -2.53. The number of nitriles is 2. The lowest BCUT2D eigenvalue weighted by Gasteiger charge is -2.45. The van der Waals surface area contributed by atoms with Gasteiger partial charge in [0.15, 0.2) is 0 Å². The standard InChI is InChI=1S/C19H21N3O2/c1-2-7-19(9-15(23)24)8-3-4-14-16-12(10-20)5-6-13(11-21)17(16)22-18(14)19/h5-6,14,18,22H,2-4,7-9H2,1H3,(H,23,24). The Labute approximate surface area is 141 Å². The summed E-state index contributed by atoms with van der Waals surface area (Å²) < 4.78 is 0. The predicted octanol–water partition coefficient (Wildman–Crippen LogP) is 3.75. The van der Waals surface area contributed by atoms with Crippen LogP contribution in [-0.2, 0) is 4.79 Å². The van der Waals surface area contributed by atoms with Crippen LogP contribution >= 0.6 is 0 Å². The molecule has 2 aliphatic rings. The second kappa shape index (κ2) is 6.17. The molecule has 124 valence electrons. The number of nitrogens with one attached hydrogen (secondary N) is 1. The van der Waals surface area contributed by atoms with E-state index >= 15 is 0 Å². The van der Waals surface area contributed by atoms with Gasteiger partial charge in [-0.05, 0) is 37.0 Å². The maximum Gasteiger partial charge on any atom is 0.303 e. The largest absolute Gasteiger partial charge is 0.481 e. The van der Waals surface area contributed by atoms with Gasteiger partial charge in [-0.1, -0.05) is 19.8 Å². The summed E-state index contributed by atoms with van der Waals surface area (Å²) >= 11 is 0. The molecule has 3 rings (SSSR count). The van der Waals surface area contributed by atoms with Crippen LogP contribution in [0.15, 0.2) is 12.1 Å². The van der Waals surface area contributed by atoms with Gasteiger partial charge in [-0.25, -0.2) is 0 Å². The van der Waals surface area contributed by atoms with E-state index < -0.39 is 5.97 Å². The second-order valence-corrected chi connectivity index (χ2v) is 6.98. The van der Waals surface area contributed by atoms with E-state index in [2.05, 4.69) is 24.4 Å². The fourth-order valence-electron chi connectivity index (χ4n) is 4.86. The number of hydrogen-bond donors (Lipinski definition) is 2. The fraction of sp³-hybridized carbons (Fsp3) is 0.526. The molecule has 3 unspecified atom stereocenters. The number of carbonyl (C=O) groups is 1. The minimum atomic E-state index is -0.775. The highest BCUT2D eigenvalue weighted by Crippen LogP contribution is 2.56. The third-order valence-corrected chi connectivity index (χ3v) is 5.66. The van der Waals surface area contributed by atoms with Gasteiger partial charge in [0.05, 0.1) is 29.3 Å². The van der Waals surface area contributed by atoms with Crippen molar-refractivity contribution in [1.82, 2.24) is 0 Å². The fourth-order valence-corrected chi connectivity index (χ4v) is 4.86. The molecule has 5 nitrogen and oxygen atoms in total. The summed E-state index contributed by atoms with van der Waals surface area (Å²) in [6, 6.07) is 7.83. The van der Waals surface area contributed by atoms with Crippen molar-refractivity contribution in [2.45, 2.75) is 57.4 Å². The van der Waals surface area contributed by atoms with Gasteiger partial charge in [0, 0.05) is 17.4 Å². The van der Waals surface area contributed by atoms with E-state index in [1.54, 1.807) is 12.1 Å². The van der Waals surface area contributed by atoms with Crippen molar-refractivity contribution in [2.75, 3.05) is 5.32 Å². The summed E-state index contributed by atoms with van der Waals surface area (Å²) in [6.07, 6.45) is 4.65. The molecule has 1 aromatic carbocycles. The smallest absolute Gasteiger partial charge is 0.303 e. The summed E-state index contributed by atoms with van der Waals surface area (Å²) in [4.78, 5) is 11.5. The summed E-state index contributed by atoms with van der Waals surface area (Å²) in [7, 11) is 0. The molecule has 1 saturated carbocycles. The third kappa shape index (κ3) is 2.41. The van der Waals surface area contributed by atoms with Crippen LogP contribution in [-0.4, -0.2) is 17.1 Å². The molecule has 0 bridgehead atoms. The lowest BCUT2D eigenvalue weighted by atomic mass is 9.61. The van der Waals surface area contributed by atoms with Crippen LogP contribution in [0.3, 0.4) is 0 Å². The van der Waals surface area contributed by atoms with Gasteiger partial charge in [-0.15, -0.1) is 0 Å². The molecule has 1 aromatic rings. The summed E-state index contributed by atoms with van der Waals surface area (Å²) in [5.41, 5.74) is 2.50. The Balaban J connectivity index is 2.11. The van der Waals surface area contributed by atoms with Gasteiger partial charge < -0.3 is 10.4 Å². The number of carboxylic acids is 1. The van der Waals surface area contributed by atoms with Crippen LogP contribution in [0.1, 0.15) is 68.1 Å². The van der Waals surface area contributed by atoms with E-state index in [1.807, 2.05) is 0 Å². The highest BCUT2D eigenvalue weighted by Gasteiger charge is 2.51. The molecule has 0 spiro atoms. The van der Waals surface area contributed by atoms with Crippen molar-refractivity contribution in [2.24, 2.45) is 5.41 Å². The zero-order chi connectivity index (χ0) is 17.3. The zero-order valence-corrected chi connectivity index (χ0v) is 13.8. The molecular weight excluding hydrogens is 302 g/mol. The molecule has 0 radical (unpaired) electrons. The molecule has 3 atom stereocenters. The number of benzene rings is 1. The van der Waals surface area contributed by atoms with Crippen molar-refractivity contribution in [3.8, 4) is 12.1 Å². The normalized spacial score (nSPS) is 27.3. The number of fused-ring (bicyclic) bond motifs is 3. The predicted molar refractivity (Wildman–Crippen MR) is 89.5 cm³/mol. The van der Waals surface area contributed by atoms with Crippen LogP contribution in [0.4, 0.5) is 5.69 Å². The maximum absolute atomic E-state index is 11.5. The SMILES string of the molecule is CCCC1(CC(=O)O)CCCC2c3c(C#N)ccc(C#N)c3NC21. The Morgan fingerprint density at radius 1 is 1.38 bits per heavy atom. The molecule has 5 heteroatoms. The third-order valence-electron chi connectivity index (χ3n) is 5.66. The number of nitrogens with zero attached hydrogens (tertiary/aromatic N) is 2. The van der Waals surface area contributed by atoms with Crippen LogP contribution in [0.5, 0.6) is 0 Å². The Bertz CT molecular complexity index is 755. The molecular formula is C19H21N3O2. The van der Waals surface area contributed by atoms with Gasteiger partial charge in [-0.2, -0.15) is 10.5 Å². The average Bonchev–Trinajstić information content (AvgIpc) is 2.95. The number of rotatable bonds is 4. The molecule has 1 aliphatic carbocycles. The van der Waals surface area contributed by atoms with Crippen molar-refractivity contribution in [3.05, 3.63) is 28.8 Å². The summed E-state index contributed by atoms with van der Waals surface area (Å²) in [5, 5.41) is 31.8. The van der Waals surface area contributed by atoms with Crippen molar-refractivity contribution >= 4 is 11.7 Å². The lowest BCUT2D eigenvalue weighted by Crippen LogP contribution is -2.46. The van der Waals surface area contributed by atoms with Crippen LogP contribution in [0.2, 0.25) is 0 Å². The van der Waals surface area contributed by atoms with Gasteiger partial charge in [0.25, 0.3) is 0 Å². The molecule has 1 aliphatic heterocycles. The first-order valence-electron chi connectivity index (χ1n) is 8.51. The number of carboxylic acid groups (broad SMARTS) is 1. The van der Waals surface area contributed by atoms with E-state index in [0.29, 0.717) is 11.1 Å². The first kappa shape index (κ1) is 16.3. The number of hydrogen-bond acceptors (Lipinski definition) is 4. The van der Waals surface area contributed by atoms with Crippen molar-refractivity contribution in [3.63, 3.8) is 0 Å². The van der Waals surface area contributed by atoms with E-state index in [1.165, 1.54) is 0 Å². The molecule has 0 amide bonds. The molecule has 1 heterocycles. The Kier molecular flexibility index (Phi) is 4.20. The highest BCUT2D eigenvalue weighted by molar-refractivity contribution is 5.74. The lowest BCUT2D eigenvalue weighted by molar-refractivity contribution is -0.140. The van der Waals surface area contributed by atoms with Crippen molar-refractivity contribution < 1.29 is 9.90 Å². The monoisotopic (exact) mass is 323 g/mol. The van der Waals surface area contributed by atoms with Gasteiger partial charge in [0.1, 0.15) is 6.07 Å². The average molecular weight is 323 g/mol. The van der Waals surface area contributed by atoms with Crippen LogP contribution < -0.4 is 5.32 Å². The van der Waals surface area contributed by atoms with Gasteiger partial charge in [0.2, 0.25) is 0 Å². The molecule has 0 saturated heterocycles. The molecule has 0 aromatic heterocycles. The van der Waals surface area contributed by atoms with E-state index in [0.717, 1.165) is 43.4 Å². The zero-order valence-electron chi connectivity index (χ0n) is 13.8. The van der Waals surface area contributed by atoms with E-state index in [-0.39, 0.29) is 23.8 Å². The first-order valence-corrected chi connectivity index (χ1v) is 8.51. The Morgan fingerprint density at radius 2 is 2.08 bits per heavy atom. The Morgan fingerprint density at radius 3 is 2.71 bits per heavy atom. The molecule has 1 fully saturated rings. The maximum atomic E-state index is 11.5. The van der Waals surface area contributed by atoms with Crippen LogP contribution in [0.25, 0.3) is 0 Å². The van der Waals surface area contributed by atoms with E-state index in [4.69, 9.17) is 0 Å². The number of aliphatic carboxylic acids is 1. The topological polar surface area (TPSA) is 96.9 Å². The second-order valence-electron chi connectivity index (χ2n) is 6.98. The minimum Gasteiger partial charge on any atom is -0.481 e. The quantitative estimate of drug-likeness (QED) is 0.879. The van der Waals surface area contributed by atoms with Crippen molar-refractivity contribution in [1.29, 1.82) is 10.5 Å². The minimum absolute atomic E-state index is 0.0149. The van der Waals surface area contributed by atoms with Gasteiger partial charge in [-0.3, -0.25) is 4.79 Å². The van der Waals surface area contributed by atoms with Crippen LogP contribution in [0, 0.1) is 28.1 Å². The first-order chi connectivity index (χ1) is 11.6. The summed E-state index contributed by atoms with van der Waals surface area (Å²) in [5.74, 6) is -0.662. The molecule has 24 heavy (non-hydrogen) atoms. The molecule has 2 N–H and O–H groups in total. The summed E-state index contributed by atoms with van der Waals surface area (Å²) in [6.45, 7) is 2.08. The van der Waals surface area contributed by atoms with Gasteiger partial charge >= 0.3 is 5.97 Å². The highest BCUT2D eigenvalue weighted by atomic mass is 16.4. The van der Waals surface area contributed by atoms with E-state index in [9.17, 15) is 20.4 Å².